The van der Waals surface area contributed by atoms with Crippen LogP contribution in [0.25, 0.3) is 21.5 Å². The molecule has 308 valence electrons. The highest BCUT2D eigenvalue weighted by molar-refractivity contribution is 7.90. The number of nitrogens with one attached hydrogen (secondary N) is 1. The highest BCUT2D eigenvalue weighted by atomic mass is 32.2. The molecule has 0 saturated carbocycles. The zero-order valence-electron chi connectivity index (χ0n) is 32.1. The molecular weight excluding hydrogens is 800 g/mol. The number of carbonyl (C=O) groups excluding carboxylic acids is 2. The van der Waals surface area contributed by atoms with Gasteiger partial charge in [0.25, 0.3) is 15.9 Å². The summed E-state index contributed by atoms with van der Waals surface area (Å²) in [7, 11) is -4.97. The van der Waals surface area contributed by atoms with Gasteiger partial charge in [0.1, 0.15) is 12.6 Å². The molecule has 16 heteroatoms. The van der Waals surface area contributed by atoms with Crippen molar-refractivity contribution in [2.75, 3.05) is 13.1 Å². The van der Waals surface area contributed by atoms with Crippen LogP contribution < -0.4 is 9.86 Å². The van der Waals surface area contributed by atoms with Gasteiger partial charge in [-0.3, -0.25) is 14.4 Å². The van der Waals surface area contributed by atoms with Crippen molar-refractivity contribution in [3.8, 4) is 0 Å². The van der Waals surface area contributed by atoms with Crippen LogP contribution >= 0.6 is 9.39 Å². The normalized spacial score (nSPS) is 16.4. The first-order valence-electron chi connectivity index (χ1n) is 18.5. The van der Waals surface area contributed by atoms with E-state index in [4.69, 9.17) is 15.0 Å². The maximum Gasteiger partial charge on any atom is 0.410 e. The maximum atomic E-state index is 12.4. The van der Waals surface area contributed by atoms with E-state index in [0.29, 0.717) is 25.8 Å². The van der Waals surface area contributed by atoms with E-state index in [2.05, 4.69) is 27.6 Å². The Hall–Kier alpha value is -5.18. The van der Waals surface area contributed by atoms with Gasteiger partial charge in [-0.15, -0.1) is 6.58 Å². The number of sulfonamides is 2. The van der Waals surface area contributed by atoms with Gasteiger partial charge in [-0.2, -0.15) is 0 Å². The second kappa shape index (κ2) is 21.5. The van der Waals surface area contributed by atoms with Crippen LogP contribution in [-0.2, 0) is 41.0 Å². The molecule has 4 N–H and O–H groups in total. The van der Waals surface area contributed by atoms with Crippen LogP contribution in [0.3, 0.4) is 0 Å². The maximum absolute atomic E-state index is 12.4. The Bertz CT molecular complexity index is 2420. The molecule has 3 atom stereocenters. The lowest BCUT2D eigenvalue weighted by Crippen LogP contribution is -2.42. The van der Waals surface area contributed by atoms with Crippen molar-refractivity contribution in [2.24, 2.45) is 5.14 Å². The molecular formula is C42H49N4O9PS2. The van der Waals surface area contributed by atoms with Gasteiger partial charge in [0.15, 0.2) is 0 Å². The number of amides is 2. The lowest BCUT2D eigenvalue weighted by atomic mass is 10.1. The number of hydrogen-bond acceptors (Lipinski definition) is 9. The number of primary sulfonamides is 1. The number of likely N-dealkylation sites (tertiary alicyclic amines) is 1. The first kappa shape index (κ1) is 45.5. The fraction of sp³-hybridized carbons (Fsp3) is 0.262. The summed E-state index contributed by atoms with van der Waals surface area (Å²) >= 11 is 0. The summed E-state index contributed by atoms with van der Waals surface area (Å²) in [5.74, 6) is -1.44. The van der Waals surface area contributed by atoms with Crippen LogP contribution in [-0.4, -0.2) is 74.7 Å². The predicted molar refractivity (Wildman–Crippen MR) is 229 cm³/mol. The Labute approximate surface area is 342 Å². The van der Waals surface area contributed by atoms with Gasteiger partial charge in [-0.25, -0.2) is 36.3 Å². The van der Waals surface area contributed by atoms with E-state index in [1.807, 2.05) is 84.9 Å². The minimum atomic E-state index is -3.85. The van der Waals surface area contributed by atoms with Crippen LogP contribution in [0.15, 0.2) is 138 Å². The molecule has 2 amide bonds. The number of rotatable bonds is 8. The molecule has 58 heavy (non-hydrogen) atoms. The third-order valence-electron chi connectivity index (χ3n) is 9.18. The van der Waals surface area contributed by atoms with Gasteiger partial charge in [-0.05, 0) is 83.5 Å². The van der Waals surface area contributed by atoms with Crippen molar-refractivity contribution < 1.29 is 41.1 Å². The number of aliphatic carboxylic acids is 1. The van der Waals surface area contributed by atoms with E-state index in [1.165, 1.54) is 17.0 Å². The second-order valence-corrected chi connectivity index (χ2v) is 17.3. The molecule has 7 rings (SSSR count). The molecule has 2 aliphatic rings. The molecule has 2 aliphatic heterocycles. The standard InChI is InChI=1S/C15H17N2O3PS.C13H15NO4.C10H9NO2S.C4H8/c18-15(14-6-3-9-17(14)21)16-22(19,20)13-8-7-11-4-1-2-5-12(11)10-13;15-12(16)11-7-4-8-14(11)13(17)18-9-10-5-2-1-3-6-10;11-14(12,13)10-6-5-8-3-1-2-4-9(8)7-10;1-3-4-2/h1-2,4-5,7-8,10,14H,3,6,9,21H2,(H,16,18);1-3,5-6,11H,4,7-9H2,(H,15,16);1-7H,(H2,11,12,13);3H,1,4H2,2H3/t14-;11-;;/m00../s1. The lowest BCUT2D eigenvalue weighted by molar-refractivity contribution is -0.141. The van der Waals surface area contributed by atoms with E-state index in [-0.39, 0.29) is 16.4 Å². The summed E-state index contributed by atoms with van der Waals surface area (Å²) in [5.41, 5.74) is 0.886. The largest absolute Gasteiger partial charge is 0.480 e. The third kappa shape index (κ3) is 13.2. The summed E-state index contributed by atoms with van der Waals surface area (Å²) in [6, 6.07) is 32.9. The van der Waals surface area contributed by atoms with Crippen molar-refractivity contribution >= 4 is 69.0 Å². The Balaban J connectivity index is 0.000000188. The Morgan fingerprint density at radius 1 is 0.793 bits per heavy atom. The number of carboxylic acid groups (broad SMARTS) is 1. The number of benzene rings is 5. The highest BCUT2D eigenvalue weighted by Gasteiger charge is 2.35. The quantitative estimate of drug-likeness (QED) is 0.110. The van der Waals surface area contributed by atoms with E-state index < -0.39 is 50.1 Å². The lowest BCUT2D eigenvalue weighted by Gasteiger charge is -2.20. The average molecular weight is 849 g/mol. The molecule has 2 heterocycles. The number of hydrogen-bond donors (Lipinski definition) is 3. The molecule has 2 fully saturated rings. The monoisotopic (exact) mass is 848 g/mol. The highest BCUT2D eigenvalue weighted by Crippen LogP contribution is 2.23. The van der Waals surface area contributed by atoms with Gasteiger partial charge in [-0.1, -0.05) is 113 Å². The summed E-state index contributed by atoms with van der Waals surface area (Å²) in [6.07, 6.45) is 5.16. The Kier molecular flexibility index (Phi) is 16.9. The number of carboxylic acids is 1. The number of ether oxygens (including phenoxy) is 1. The van der Waals surface area contributed by atoms with E-state index in [1.54, 1.807) is 28.9 Å². The zero-order valence-corrected chi connectivity index (χ0v) is 34.9. The minimum Gasteiger partial charge on any atom is -0.480 e. The zero-order chi connectivity index (χ0) is 42.3. The smallest absolute Gasteiger partial charge is 0.410 e. The average Bonchev–Trinajstić information content (AvgIpc) is 3.90. The summed E-state index contributed by atoms with van der Waals surface area (Å²) in [4.78, 5) is 36.4. The molecule has 0 radical (unpaired) electrons. The first-order valence-corrected chi connectivity index (χ1v) is 22.1. The number of nitrogens with zero attached hydrogens (tertiary/aromatic N) is 2. The van der Waals surface area contributed by atoms with Gasteiger partial charge >= 0.3 is 12.1 Å². The fourth-order valence-electron chi connectivity index (χ4n) is 6.05. The molecule has 0 spiro atoms. The number of nitrogens with two attached hydrogens (primary N) is 1. The van der Waals surface area contributed by atoms with E-state index >= 15 is 0 Å². The van der Waals surface area contributed by atoms with Crippen molar-refractivity contribution in [1.29, 1.82) is 0 Å². The minimum absolute atomic E-state index is 0.104. The number of fused-ring (bicyclic) bond motifs is 2. The Morgan fingerprint density at radius 2 is 1.29 bits per heavy atom. The van der Waals surface area contributed by atoms with Crippen molar-refractivity contribution in [2.45, 2.75) is 67.5 Å². The molecule has 0 aliphatic carbocycles. The third-order valence-corrected chi connectivity index (χ3v) is 12.1. The van der Waals surface area contributed by atoms with Crippen LogP contribution in [0.1, 0.15) is 44.6 Å². The SMILES string of the molecule is C=CCC.NS(=O)(=O)c1ccc2ccccc2c1.O=C(NS(=O)(=O)c1ccc2ccccc2c1)[C@@H]1CCCN1P.O=C(O)[C@@H]1CCCN1C(=O)OCc1ccccc1. The van der Waals surface area contributed by atoms with Gasteiger partial charge in [0, 0.05) is 13.1 Å². The molecule has 2 saturated heterocycles. The number of carbonyl (C=O) groups is 3. The van der Waals surface area contributed by atoms with Crippen molar-refractivity contribution in [3.63, 3.8) is 0 Å². The van der Waals surface area contributed by atoms with E-state index in [0.717, 1.165) is 46.5 Å². The fourth-order valence-corrected chi connectivity index (χ4v) is 8.12. The molecule has 13 nitrogen and oxygen atoms in total. The van der Waals surface area contributed by atoms with Crippen LogP contribution in [0, 0.1) is 0 Å². The summed E-state index contributed by atoms with van der Waals surface area (Å²) in [5, 5.41) is 17.6. The van der Waals surface area contributed by atoms with Gasteiger partial charge in [0.2, 0.25) is 10.0 Å². The second-order valence-electron chi connectivity index (χ2n) is 13.4. The van der Waals surface area contributed by atoms with E-state index in [9.17, 15) is 31.2 Å². The van der Waals surface area contributed by atoms with Crippen molar-refractivity contribution in [3.05, 3.63) is 133 Å². The molecule has 5 aromatic carbocycles. The van der Waals surface area contributed by atoms with Crippen LogP contribution in [0.2, 0.25) is 0 Å². The Morgan fingerprint density at radius 3 is 1.81 bits per heavy atom. The molecule has 1 unspecified atom stereocenters. The summed E-state index contributed by atoms with van der Waals surface area (Å²) in [6.45, 7) is 6.94. The molecule has 0 aromatic heterocycles. The van der Waals surface area contributed by atoms with Crippen LogP contribution in [0.5, 0.6) is 0 Å². The topological polar surface area (TPSA) is 193 Å². The van der Waals surface area contributed by atoms with Gasteiger partial charge in [0.05, 0.1) is 15.8 Å². The number of allylic oxidation sites excluding steroid dienone is 1. The first-order chi connectivity index (χ1) is 27.6. The molecule has 0 bridgehead atoms. The van der Waals surface area contributed by atoms with Gasteiger partial charge < -0.3 is 9.84 Å². The van der Waals surface area contributed by atoms with Crippen molar-refractivity contribution in [1.82, 2.24) is 14.3 Å². The summed E-state index contributed by atoms with van der Waals surface area (Å²) < 4.78 is 56.0. The predicted octanol–water partition coefficient (Wildman–Crippen LogP) is 6.84. The molecule has 5 aromatic rings. The van der Waals surface area contributed by atoms with Crippen LogP contribution in [0.4, 0.5) is 4.79 Å².